The molecule has 0 bridgehead atoms. The molecule has 1 aromatic rings. The van der Waals surface area contributed by atoms with Crippen LogP contribution in [0.25, 0.3) is 0 Å². The molecular weight excluding hydrogens is 280 g/mol. The summed E-state index contributed by atoms with van der Waals surface area (Å²) in [6.07, 6.45) is 3.58. The van der Waals surface area contributed by atoms with Gasteiger partial charge in [-0.15, -0.1) is 0 Å². The molecule has 0 aromatic heterocycles. The lowest BCUT2D eigenvalue weighted by molar-refractivity contribution is 0.0424. The maximum Gasteiger partial charge on any atom is 0.123 e. The zero-order valence-electron chi connectivity index (χ0n) is 9.77. The van der Waals surface area contributed by atoms with Gasteiger partial charge in [0, 0.05) is 17.9 Å². The van der Waals surface area contributed by atoms with Crippen molar-refractivity contribution in [2.45, 2.75) is 30.2 Å². The zero-order chi connectivity index (χ0) is 11.7. The fourth-order valence-electron chi connectivity index (χ4n) is 2.71. The predicted molar refractivity (Wildman–Crippen MR) is 70.8 cm³/mol. The number of fused-ring (bicyclic) bond motifs is 1. The smallest absolute Gasteiger partial charge is 0.123 e. The Morgan fingerprint density at radius 3 is 3.00 bits per heavy atom. The highest BCUT2D eigenvalue weighted by molar-refractivity contribution is 9.09. The van der Waals surface area contributed by atoms with Crippen molar-refractivity contribution in [3.05, 3.63) is 29.8 Å². The molecule has 0 spiro atoms. The molecule has 2 nitrogen and oxygen atoms in total. The Labute approximate surface area is 110 Å². The Morgan fingerprint density at radius 1 is 1.29 bits per heavy atom. The van der Waals surface area contributed by atoms with Crippen LogP contribution in [0.3, 0.4) is 0 Å². The van der Waals surface area contributed by atoms with Crippen LogP contribution >= 0.6 is 15.9 Å². The van der Waals surface area contributed by atoms with Gasteiger partial charge < -0.3 is 9.47 Å². The van der Waals surface area contributed by atoms with Crippen molar-refractivity contribution in [3.8, 4) is 5.75 Å². The lowest BCUT2D eigenvalue weighted by Gasteiger charge is -2.29. The lowest BCUT2D eigenvalue weighted by atomic mass is 9.93. The Balaban J connectivity index is 1.61. The van der Waals surface area contributed by atoms with Crippen LogP contribution in [0.2, 0.25) is 0 Å². The van der Waals surface area contributed by atoms with E-state index < -0.39 is 0 Å². The molecule has 1 saturated heterocycles. The Morgan fingerprint density at radius 2 is 2.18 bits per heavy atom. The maximum atomic E-state index is 5.98. The van der Waals surface area contributed by atoms with E-state index in [0.717, 1.165) is 38.2 Å². The number of benzene rings is 1. The molecule has 2 heterocycles. The van der Waals surface area contributed by atoms with Crippen molar-refractivity contribution in [1.29, 1.82) is 0 Å². The van der Waals surface area contributed by atoms with Crippen LogP contribution in [-0.4, -0.2) is 24.1 Å². The van der Waals surface area contributed by atoms with Crippen LogP contribution in [0.4, 0.5) is 0 Å². The molecular formula is C14H17BrO2. The molecule has 3 unspecified atom stereocenters. The van der Waals surface area contributed by atoms with Gasteiger partial charge >= 0.3 is 0 Å². The average Bonchev–Trinajstić information content (AvgIpc) is 2.74. The van der Waals surface area contributed by atoms with Gasteiger partial charge in [-0.25, -0.2) is 0 Å². The van der Waals surface area contributed by atoms with Gasteiger partial charge in [0.1, 0.15) is 11.9 Å². The number of rotatable bonds is 2. The quantitative estimate of drug-likeness (QED) is 0.781. The van der Waals surface area contributed by atoms with E-state index >= 15 is 0 Å². The van der Waals surface area contributed by atoms with Crippen molar-refractivity contribution in [2.24, 2.45) is 5.92 Å². The fraction of sp³-hybridized carbons (Fsp3) is 0.571. The van der Waals surface area contributed by atoms with Crippen molar-refractivity contribution in [1.82, 2.24) is 0 Å². The average molecular weight is 297 g/mol. The highest BCUT2D eigenvalue weighted by Gasteiger charge is 2.30. The summed E-state index contributed by atoms with van der Waals surface area (Å²) in [4.78, 5) is 0.587. The van der Waals surface area contributed by atoms with Crippen molar-refractivity contribution >= 4 is 15.9 Å². The molecule has 0 saturated carbocycles. The monoisotopic (exact) mass is 296 g/mol. The first kappa shape index (κ1) is 11.5. The SMILES string of the molecule is BrC1CCOCC1CC1Cc2ccccc2O1. The minimum Gasteiger partial charge on any atom is -0.490 e. The van der Waals surface area contributed by atoms with Crippen LogP contribution in [0.5, 0.6) is 5.75 Å². The third-order valence-electron chi connectivity index (χ3n) is 3.66. The molecule has 1 fully saturated rings. The number of halogens is 1. The largest absolute Gasteiger partial charge is 0.490 e. The van der Waals surface area contributed by atoms with Gasteiger partial charge in [-0.05, 0) is 30.4 Å². The number of hydrogen-bond donors (Lipinski definition) is 0. The minimum absolute atomic E-state index is 0.333. The summed E-state index contributed by atoms with van der Waals surface area (Å²) in [5.74, 6) is 1.66. The van der Waals surface area contributed by atoms with E-state index in [1.807, 2.05) is 6.07 Å². The standard InChI is InChI=1S/C14H17BrO2/c15-13-5-6-16-9-11(13)8-12-7-10-3-1-2-4-14(10)17-12/h1-4,11-13H,5-9H2. The molecule has 3 rings (SSSR count). The molecule has 3 heteroatoms. The fourth-order valence-corrected chi connectivity index (χ4v) is 3.26. The van der Waals surface area contributed by atoms with Gasteiger partial charge in [-0.2, -0.15) is 0 Å². The Bertz CT molecular complexity index is 369. The van der Waals surface area contributed by atoms with Crippen molar-refractivity contribution < 1.29 is 9.47 Å². The van der Waals surface area contributed by atoms with Crippen LogP contribution in [0.1, 0.15) is 18.4 Å². The lowest BCUT2D eigenvalue weighted by Crippen LogP contribution is -2.32. The maximum absolute atomic E-state index is 5.98. The van der Waals surface area contributed by atoms with Crippen molar-refractivity contribution in [2.75, 3.05) is 13.2 Å². The van der Waals surface area contributed by atoms with Crippen molar-refractivity contribution in [3.63, 3.8) is 0 Å². The second kappa shape index (κ2) is 4.99. The summed E-state index contributed by atoms with van der Waals surface area (Å²) >= 11 is 3.76. The summed E-state index contributed by atoms with van der Waals surface area (Å²) in [6, 6.07) is 8.36. The highest BCUT2D eigenvalue weighted by Crippen LogP contribution is 2.34. The topological polar surface area (TPSA) is 18.5 Å². The van der Waals surface area contributed by atoms with E-state index in [1.165, 1.54) is 5.56 Å². The molecule has 3 atom stereocenters. The normalized spacial score (nSPS) is 31.9. The molecule has 0 N–H and O–H groups in total. The molecule has 0 amide bonds. The van der Waals surface area contributed by atoms with Gasteiger partial charge in [0.2, 0.25) is 0 Å². The first-order valence-electron chi connectivity index (χ1n) is 6.29. The number of hydrogen-bond acceptors (Lipinski definition) is 2. The number of alkyl halides is 1. The summed E-state index contributed by atoms with van der Waals surface area (Å²) in [6.45, 7) is 1.75. The molecule has 2 aliphatic heterocycles. The second-order valence-corrected chi connectivity index (χ2v) is 6.10. The van der Waals surface area contributed by atoms with Gasteiger partial charge in [-0.1, -0.05) is 34.1 Å². The molecule has 2 aliphatic rings. The minimum atomic E-state index is 0.333. The van der Waals surface area contributed by atoms with Gasteiger partial charge in [0.05, 0.1) is 6.61 Å². The molecule has 92 valence electrons. The molecule has 1 aromatic carbocycles. The van der Waals surface area contributed by atoms with Crippen LogP contribution in [0.15, 0.2) is 24.3 Å². The first-order chi connectivity index (χ1) is 8.33. The van der Waals surface area contributed by atoms with Crippen LogP contribution in [-0.2, 0) is 11.2 Å². The van der Waals surface area contributed by atoms with E-state index in [1.54, 1.807) is 0 Å². The van der Waals surface area contributed by atoms with E-state index in [0.29, 0.717) is 16.8 Å². The van der Waals surface area contributed by atoms with E-state index in [-0.39, 0.29) is 0 Å². The second-order valence-electron chi connectivity index (χ2n) is 4.93. The number of ether oxygens (including phenoxy) is 2. The van der Waals surface area contributed by atoms with Gasteiger partial charge in [-0.3, -0.25) is 0 Å². The summed E-state index contributed by atoms with van der Waals surface area (Å²) < 4.78 is 11.5. The van der Waals surface area contributed by atoms with Gasteiger partial charge in [0.15, 0.2) is 0 Å². The third-order valence-corrected chi connectivity index (χ3v) is 4.87. The van der Waals surface area contributed by atoms with E-state index in [9.17, 15) is 0 Å². The third kappa shape index (κ3) is 2.50. The Hall–Kier alpha value is -0.540. The molecule has 17 heavy (non-hydrogen) atoms. The summed E-state index contributed by atoms with van der Waals surface area (Å²) in [7, 11) is 0. The summed E-state index contributed by atoms with van der Waals surface area (Å²) in [5.41, 5.74) is 1.35. The summed E-state index contributed by atoms with van der Waals surface area (Å²) in [5, 5.41) is 0. The molecule has 0 aliphatic carbocycles. The molecule has 0 radical (unpaired) electrons. The van der Waals surface area contributed by atoms with Crippen LogP contribution < -0.4 is 4.74 Å². The Kier molecular flexibility index (Phi) is 3.39. The van der Waals surface area contributed by atoms with Gasteiger partial charge in [0.25, 0.3) is 0 Å². The highest BCUT2D eigenvalue weighted by atomic mass is 79.9. The zero-order valence-corrected chi connectivity index (χ0v) is 11.4. The van der Waals surface area contributed by atoms with E-state index in [4.69, 9.17) is 9.47 Å². The first-order valence-corrected chi connectivity index (χ1v) is 7.21. The predicted octanol–water partition coefficient (Wildman–Crippen LogP) is 3.18. The van der Waals surface area contributed by atoms with E-state index in [2.05, 4.69) is 34.1 Å². The number of para-hydroxylation sites is 1. The van der Waals surface area contributed by atoms with Crippen LogP contribution in [0, 0.1) is 5.92 Å².